The molecule has 0 saturated carbocycles. The maximum Gasteiger partial charge on any atom is 0.323 e. The Labute approximate surface area is 80.5 Å². The minimum Gasteiger partial charge on any atom is -0.382 e. The van der Waals surface area contributed by atoms with Crippen LogP contribution >= 0.6 is 22.6 Å². The van der Waals surface area contributed by atoms with Gasteiger partial charge in [0.15, 0.2) is 0 Å². The molecule has 12 heavy (non-hydrogen) atoms. The van der Waals surface area contributed by atoms with Crippen molar-refractivity contribution in [2.75, 3.05) is 5.73 Å². The molecule has 5 nitrogen and oxygen atoms in total. The van der Waals surface area contributed by atoms with Gasteiger partial charge in [-0.2, -0.15) is 0 Å². The lowest BCUT2D eigenvalue weighted by atomic mass is 10.4. The van der Waals surface area contributed by atoms with Crippen LogP contribution in [0, 0.1) is 3.57 Å². The van der Waals surface area contributed by atoms with Gasteiger partial charge in [0.2, 0.25) is 0 Å². The number of imidazole rings is 1. The van der Waals surface area contributed by atoms with Crippen LogP contribution in [0.2, 0.25) is 0 Å². The summed E-state index contributed by atoms with van der Waals surface area (Å²) in [6, 6.07) is 0. The van der Waals surface area contributed by atoms with Gasteiger partial charge in [0.1, 0.15) is 11.3 Å². The summed E-state index contributed by atoms with van der Waals surface area (Å²) in [6.45, 7) is 0. The van der Waals surface area contributed by atoms with Crippen LogP contribution in [-0.2, 0) is 0 Å². The second-order valence-electron chi connectivity index (χ2n) is 2.32. The largest absolute Gasteiger partial charge is 0.382 e. The topological polar surface area (TPSA) is 87.6 Å². The van der Waals surface area contributed by atoms with Gasteiger partial charge in [0, 0.05) is 6.20 Å². The maximum atomic E-state index is 10.9. The molecule has 0 unspecified atom stereocenters. The van der Waals surface area contributed by atoms with Crippen molar-refractivity contribution in [3.05, 3.63) is 20.3 Å². The number of aromatic nitrogens is 3. The van der Waals surface area contributed by atoms with E-state index in [4.69, 9.17) is 5.73 Å². The third kappa shape index (κ3) is 0.986. The summed E-state index contributed by atoms with van der Waals surface area (Å²) < 4.78 is 0.871. The number of halogens is 1. The minimum absolute atomic E-state index is 0.261. The van der Waals surface area contributed by atoms with E-state index < -0.39 is 0 Å². The zero-order valence-electron chi connectivity index (χ0n) is 5.89. The summed E-state index contributed by atoms with van der Waals surface area (Å²) in [4.78, 5) is 20.0. The summed E-state index contributed by atoms with van der Waals surface area (Å²) in [5.41, 5.74) is 6.56. The van der Waals surface area contributed by atoms with Crippen LogP contribution in [0.25, 0.3) is 11.0 Å². The Bertz CT molecular complexity index is 444. The smallest absolute Gasteiger partial charge is 0.323 e. The Hall–Kier alpha value is -1.05. The maximum absolute atomic E-state index is 10.9. The summed E-state index contributed by atoms with van der Waals surface area (Å²) in [6.07, 6.45) is 1.61. The number of hydrogen-bond donors (Lipinski definition) is 3. The zero-order chi connectivity index (χ0) is 8.72. The van der Waals surface area contributed by atoms with Gasteiger partial charge in [0.05, 0.1) is 9.09 Å². The summed E-state index contributed by atoms with van der Waals surface area (Å²) in [5, 5.41) is 0. The number of pyridine rings is 1. The molecular weight excluding hydrogens is 271 g/mol. The highest BCUT2D eigenvalue weighted by Gasteiger charge is 2.05. The van der Waals surface area contributed by atoms with Crippen molar-refractivity contribution < 1.29 is 0 Å². The first-order chi connectivity index (χ1) is 5.68. The van der Waals surface area contributed by atoms with Crippen molar-refractivity contribution in [3.8, 4) is 0 Å². The first kappa shape index (κ1) is 7.59. The molecule has 4 N–H and O–H groups in total. The Balaban J connectivity index is 3.03. The number of nitrogens with zero attached hydrogens (tertiary/aromatic N) is 1. The van der Waals surface area contributed by atoms with E-state index in [-0.39, 0.29) is 5.69 Å². The van der Waals surface area contributed by atoms with Gasteiger partial charge in [0.25, 0.3) is 0 Å². The second kappa shape index (κ2) is 2.47. The average molecular weight is 276 g/mol. The lowest BCUT2D eigenvalue weighted by molar-refractivity contribution is 1.21. The normalized spacial score (nSPS) is 10.8. The van der Waals surface area contributed by atoms with Crippen LogP contribution < -0.4 is 11.4 Å². The summed E-state index contributed by atoms with van der Waals surface area (Å²) in [5.74, 6) is 0.337. The first-order valence-corrected chi connectivity index (χ1v) is 4.28. The number of nitrogens with two attached hydrogens (primary N) is 1. The van der Waals surface area contributed by atoms with Gasteiger partial charge in [-0.25, -0.2) is 9.78 Å². The molecule has 0 aliphatic heterocycles. The van der Waals surface area contributed by atoms with E-state index in [1.54, 1.807) is 6.20 Å². The van der Waals surface area contributed by atoms with Crippen LogP contribution in [0.5, 0.6) is 0 Å². The number of rotatable bonds is 0. The van der Waals surface area contributed by atoms with E-state index in [0.29, 0.717) is 16.9 Å². The van der Waals surface area contributed by atoms with Gasteiger partial charge in [-0.15, -0.1) is 0 Å². The van der Waals surface area contributed by atoms with E-state index in [2.05, 4.69) is 37.5 Å². The molecule has 0 aliphatic rings. The quantitative estimate of drug-likeness (QED) is 0.610. The van der Waals surface area contributed by atoms with Crippen LogP contribution in [0.15, 0.2) is 11.0 Å². The molecule has 0 atom stereocenters. The van der Waals surface area contributed by atoms with Crippen LogP contribution in [-0.4, -0.2) is 15.0 Å². The molecule has 62 valence electrons. The van der Waals surface area contributed by atoms with Crippen LogP contribution in [0.4, 0.5) is 5.82 Å². The molecule has 2 heterocycles. The standard InChI is InChI=1S/C6H5IN4O/c7-2-1-9-5(8)4-3(2)10-6(12)11-4/h1H,(H2,8,9)(H2,10,11,12). The highest BCUT2D eigenvalue weighted by atomic mass is 127. The van der Waals surface area contributed by atoms with Crippen molar-refractivity contribution >= 4 is 39.4 Å². The van der Waals surface area contributed by atoms with Crippen LogP contribution in [0.1, 0.15) is 0 Å². The fourth-order valence-electron chi connectivity index (χ4n) is 1.01. The van der Waals surface area contributed by atoms with Crippen molar-refractivity contribution in [1.29, 1.82) is 0 Å². The molecule has 0 fully saturated rings. The number of fused-ring (bicyclic) bond motifs is 1. The number of nitrogen functional groups attached to an aromatic ring is 1. The van der Waals surface area contributed by atoms with Crippen molar-refractivity contribution in [1.82, 2.24) is 15.0 Å². The van der Waals surface area contributed by atoms with Crippen molar-refractivity contribution in [2.24, 2.45) is 0 Å². The van der Waals surface area contributed by atoms with E-state index in [0.717, 1.165) is 3.57 Å². The van der Waals surface area contributed by atoms with E-state index in [1.165, 1.54) is 0 Å². The monoisotopic (exact) mass is 276 g/mol. The van der Waals surface area contributed by atoms with Crippen molar-refractivity contribution in [3.63, 3.8) is 0 Å². The number of anilines is 1. The molecule has 2 aromatic rings. The molecule has 6 heteroatoms. The third-order valence-corrected chi connectivity index (χ3v) is 2.36. The third-order valence-electron chi connectivity index (χ3n) is 1.54. The molecule has 0 amide bonds. The lowest BCUT2D eigenvalue weighted by Gasteiger charge is -1.94. The molecule has 0 radical (unpaired) electrons. The number of aromatic amines is 2. The molecular formula is C6H5IN4O. The zero-order valence-corrected chi connectivity index (χ0v) is 8.05. The Morgan fingerprint density at radius 3 is 2.75 bits per heavy atom. The highest BCUT2D eigenvalue weighted by molar-refractivity contribution is 14.1. The SMILES string of the molecule is Nc1ncc(I)c2[nH]c(=O)[nH]c12. The Morgan fingerprint density at radius 1 is 1.42 bits per heavy atom. The molecule has 0 spiro atoms. The molecule has 0 saturated heterocycles. The summed E-state index contributed by atoms with van der Waals surface area (Å²) >= 11 is 2.08. The van der Waals surface area contributed by atoms with E-state index in [9.17, 15) is 4.79 Å². The van der Waals surface area contributed by atoms with Gasteiger partial charge < -0.3 is 15.7 Å². The fourth-order valence-corrected chi connectivity index (χ4v) is 1.55. The molecule has 0 aliphatic carbocycles. The number of hydrogen-bond acceptors (Lipinski definition) is 3. The second-order valence-corrected chi connectivity index (χ2v) is 3.48. The molecule has 2 aromatic heterocycles. The number of nitrogens with one attached hydrogen (secondary N) is 2. The van der Waals surface area contributed by atoms with Gasteiger partial charge in [-0.05, 0) is 22.6 Å². The van der Waals surface area contributed by atoms with Gasteiger partial charge in [-0.3, -0.25) is 0 Å². The fraction of sp³-hybridized carbons (Fsp3) is 0. The van der Waals surface area contributed by atoms with E-state index >= 15 is 0 Å². The van der Waals surface area contributed by atoms with Crippen molar-refractivity contribution in [2.45, 2.75) is 0 Å². The minimum atomic E-state index is -0.261. The highest BCUT2D eigenvalue weighted by Crippen LogP contribution is 2.18. The number of H-pyrrole nitrogens is 2. The van der Waals surface area contributed by atoms with Gasteiger partial charge >= 0.3 is 5.69 Å². The predicted octanol–water partition coefficient (Wildman–Crippen LogP) is 0.438. The lowest BCUT2D eigenvalue weighted by Crippen LogP contribution is -1.99. The Kier molecular flexibility index (Phi) is 1.56. The summed E-state index contributed by atoms with van der Waals surface area (Å²) in [7, 11) is 0. The molecule has 2 rings (SSSR count). The first-order valence-electron chi connectivity index (χ1n) is 3.20. The average Bonchev–Trinajstić information content (AvgIpc) is 2.41. The van der Waals surface area contributed by atoms with Gasteiger partial charge in [-0.1, -0.05) is 0 Å². The molecule has 0 aromatic carbocycles. The molecule has 0 bridgehead atoms. The van der Waals surface area contributed by atoms with E-state index in [1.807, 2.05) is 0 Å². The van der Waals surface area contributed by atoms with Crippen LogP contribution in [0.3, 0.4) is 0 Å². The predicted molar refractivity (Wildman–Crippen MR) is 53.8 cm³/mol. The Morgan fingerprint density at radius 2 is 2.08 bits per heavy atom.